The van der Waals surface area contributed by atoms with Crippen LogP contribution in [0, 0.1) is 0 Å². The maximum absolute atomic E-state index is 12.7. The highest BCUT2D eigenvalue weighted by atomic mass is 35.5. The lowest BCUT2D eigenvalue weighted by atomic mass is 10.1. The molecule has 0 aliphatic carbocycles. The van der Waals surface area contributed by atoms with Gasteiger partial charge in [0, 0.05) is 11.6 Å². The van der Waals surface area contributed by atoms with E-state index in [0.29, 0.717) is 0 Å². The van der Waals surface area contributed by atoms with Crippen molar-refractivity contribution in [3.63, 3.8) is 0 Å². The molecule has 0 bridgehead atoms. The van der Waals surface area contributed by atoms with Crippen LogP contribution in [0.2, 0.25) is 5.02 Å². The fourth-order valence-corrected chi connectivity index (χ4v) is 1.47. The number of rotatable bonds is 4. The Balaban J connectivity index is 3.21. The number of ether oxygens (including phenoxy) is 2. The molecule has 0 aromatic carbocycles. The van der Waals surface area contributed by atoms with E-state index in [1.165, 1.54) is 13.2 Å². The number of hydrogen-bond donors (Lipinski definition) is 0. The van der Waals surface area contributed by atoms with Crippen molar-refractivity contribution in [1.29, 1.82) is 0 Å². The van der Waals surface area contributed by atoms with E-state index >= 15 is 0 Å². The number of carbonyl (C=O) groups is 1. The molecular weight excluding hydrogens is 256 g/mol. The molecule has 17 heavy (non-hydrogen) atoms. The Hall–Kier alpha value is -1.43. The quantitative estimate of drug-likeness (QED) is 0.785. The fraction of sp³-hybridized carbons (Fsp3) is 0.400. The van der Waals surface area contributed by atoms with Crippen LogP contribution in [0.25, 0.3) is 0 Å². The summed E-state index contributed by atoms with van der Waals surface area (Å²) in [5, 5.41) is -0.00227. The Kier molecular flexibility index (Phi) is 4.62. The van der Waals surface area contributed by atoms with Crippen LogP contribution >= 0.6 is 11.6 Å². The summed E-state index contributed by atoms with van der Waals surface area (Å²) in [4.78, 5) is 14.7. The molecule has 4 nitrogen and oxygen atoms in total. The molecule has 0 unspecified atom stereocenters. The zero-order chi connectivity index (χ0) is 13.0. The first-order chi connectivity index (χ1) is 7.99. The summed E-state index contributed by atoms with van der Waals surface area (Å²) in [6.07, 6.45) is -3.20. The predicted molar refractivity (Wildman–Crippen MR) is 56.5 cm³/mol. The van der Waals surface area contributed by atoms with Gasteiger partial charge in [-0.05, 0) is 0 Å². The van der Waals surface area contributed by atoms with E-state index in [2.05, 4.69) is 9.72 Å². The minimum absolute atomic E-state index is 0.00227. The summed E-state index contributed by atoms with van der Waals surface area (Å²) in [6, 6.07) is 1.27. The summed E-state index contributed by atoms with van der Waals surface area (Å²) in [5.74, 6) is -0.695. The van der Waals surface area contributed by atoms with E-state index in [4.69, 9.17) is 16.3 Å². The summed E-state index contributed by atoms with van der Waals surface area (Å²) in [6.45, 7) is 0. The first-order valence-corrected chi connectivity index (χ1v) is 4.95. The summed E-state index contributed by atoms with van der Waals surface area (Å²) >= 11 is 5.80. The minimum atomic E-state index is -2.85. The molecule has 0 spiro atoms. The van der Waals surface area contributed by atoms with Gasteiger partial charge in [-0.3, -0.25) is 4.79 Å². The molecule has 0 amide bonds. The number of alkyl halides is 2. The molecule has 1 heterocycles. The third-order valence-corrected chi connectivity index (χ3v) is 2.38. The topological polar surface area (TPSA) is 48.4 Å². The normalized spacial score (nSPS) is 10.5. The number of esters is 1. The van der Waals surface area contributed by atoms with Gasteiger partial charge < -0.3 is 9.47 Å². The Morgan fingerprint density at radius 1 is 1.53 bits per heavy atom. The third kappa shape index (κ3) is 3.26. The number of halogens is 3. The summed E-state index contributed by atoms with van der Waals surface area (Å²) in [7, 11) is 2.45. The lowest BCUT2D eigenvalue weighted by molar-refractivity contribution is -0.139. The second-order valence-electron chi connectivity index (χ2n) is 3.06. The average Bonchev–Trinajstić information content (AvgIpc) is 2.30. The van der Waals surface area contributed by atoms with Crippen LogP contribution in [0.15, 0.2) is 6.07 Å². The number of carbonyl (C=O) groups excluding carboxylic acids is 1. The van der Waals surface area contributed by atoms with Gasteiger partial charge in [-0.15, -0.1) is 0 Å². The summed E-state index contributed by atoms with van der Waals surface area (Å²) in [5.41, 5.74) is -0.617. The molecule has 1 aromatic rings. The first kappa shape index (κ1) is 13.6. The van der Waals surface area contributed by atoms with Crippen LogP contribution < -0.4 is 4.74 Å². The maximum atomic E-state index is 12.7. The highest BCUT2D eigenvalue weighted by Gasteiger charge is 2.21. The molecule has 0 aliphatic heterocycles. The molecule has 1 rings (SSSR count). The van der Waals surface area contributed by atoms with Crippen molar-refractivity contribution in [2.45, 2.75) is 12.8 Å². The lowest BCUT2D eigenvalue weighted by Crippen LogP contribution is -2.10. The number of methoxy groups -OCH3 is 2. The molecule has 0 saturated carbocycles. The molecule has 0 aliphatic rings. The van der Waals surface area contributed by atoms with Gasteiger partial charge in [-0.25, -0.2) is 13.8 Å². The van der Waals surface area contributed by atoms with Crippen molar-refractivity contribution in [1.82, 2.24) is 4.98 Å². The van der Waals surface area contributed by atoms with Crippen LogP contribution in [0.4, 0.5) is 8.78 Å². The van der Waals surface area contributed by atoms with Gasteiger partial charge >= 0.3 is 5.97 Å². The van der Waals surface area contributed by atoms with Crippen molar-refractivity contribution in [3.8, 4) is 5.88 Å². The van der Waals surface area contributed by atoms with Crippen LogP contribution in [-0.4, -0.2) is 25.2 Å². The minimum Gasteiger partial charge on any atom is -0.481 e. The SMILES string of the molecule is COC(=O)Cc1c(Cl)cc(OC)nc1C(F)F. The van der Waals surface area contributed by atoms with Crippen LogP contribution in [-0.2, 0) is 16.0 Å². The van der Waals surface area contributed by atoms with Gasteiger partial charge in [0.05, 0.1) is 25.7 Å². The number of hydrogen-bond acceptors (Lipinski definition) is 4. The van der Waals surface area contributed by atoms with Crippen LogP contribution in [0.3, 0.4) is 0 Å². The predicted octanol–water partition coefficient (Wildman–Crippen LogP) is 2.40. The highest BCUT2D eigenvalue weighted by molar-refractivity contribution is 6.31. The van der Waals surface area contributed by atoms with Crippen molar-refractivity contribution in [3.05, 3.63) is 22.3 Å². The second-order valence-corrected chi connectivity index (χ2v) is 3.47. The van der Waals surface area contributed by atoms with Gasteiger partial charge in [0.2, 0.25) is 5.88 Å². The molecule has 0 radical (unpaired) electrons. The van der Waals surface area contributed by atoms with Crippen molar-refractivity contribution >= 4 is 17.6 Å². The van der Waals surface area contributed by atoms with Gasteiger partial charge in [0.1, 0.15) is 5.69 Å². The van der Waals surface area contributed by atoms with Crippen LogP contribution in [0.5, 0.6) is 5.88 Å². The zero-order valence-corrected chi connectivity index (χ0v) is 9.92. The average molecular weight is 266 g/mol. The Morgan fingerprint density at radius 2 is 2.18 bits per heavy atom. The van der Waals surface area contributed by atoms with E-state index in [1.54, 1.807) is 0 Å². The van der Waals surface area contributed by atoms with Gasteiger partial charge in [-0.1, -0.05) is 11.6 Å². The summed E-state index contributed by atoms with van der Waals surface area (Å²) < 4.78 is 34.6. The fourth-order valence-electron chi connectivity index (χ4n) is 1.21. The monoisotopic (exact) mass is 265 g/mol. The van der Waals surface area contributed by atoms with Crippen molar-refractivity contribution < 1.29 is 23.0 Å². The van der Waals surface area contributed by atoms with Gasteiger partial charge in [-0.2, -0.15) is 0 Å². The van der Waals surface area contributed by atoms with E-state index in [9.17, 15) is 13.6 Å². The molecule has 7 heteroatoms. The largest absolute Gasteiger partial charge is 0.481 e. The van der Waals surface area contributed by atoms with Gasteiger partial charge in [0.25, 0.3) is 6.43 Å². The Labute approximate surface area is 101 Å². The number of nitrogens with zero attached hydrogens (tertiary/aromatic N) is 1. The van der Waals surface area contributed by atoms with Crippen LogP contribution in [0.1, 0.15) is 17.7 Å². The standard InChI is InChI=1S/C10H10ClF2NO3/c1-16-7-4-6(11)5(3-8(15)17-2)9(14-7)10(12)13/h4,10H,3H2,1-2H3. The molecular formula is C10H10ClF2NO3. The lowest BCUT2D eigenvalue weighted by Gasteiger charge is -2.11. The second kappa shape index (κ2) is 5.77. The smallest absolute Gasteiger partial charge is 0.310 e. The van der Waals surface area contributed by atoms with E-state index in [1.807, 2.05) is 0 Å². The maximum Gasteiger partial charge on any atom is 0.310 e. The molecule has 1 aromatic heterocycles. The van der Waals surface area contributed by atoms with Crippen molar-refractivity contribution in [2.24, 2.45) is 0 Å². The number of aromatic nitrogens is 1. The third-order valence-electron chi connectivity index (χ3n) is 2.04. The molecule has 0 saturated heterocycles. The first-order valence-electron chi connectivity index (χ1n) is 4.57. The number of pyridine rings is 1. The van der Waals surface area contributed by atoms with E-state index < -0.39 is 18.1 Å². The zero-order valence-electron chi connectivity index (χ0n) is 9.17. The van der Waals surface area contributed by atoms with Crippen molar-refractivity contribution in [2.75, 3.05) is 14.2 Å². The Bertz CT molecular complexity index is 426. The highest BCUT2D eigenvalue weighted by Crippen LogP contribution is 2.30. The molecule has 0 N–H and O–H groups in total. The van der Waals surface area contributed by atoms with E-state index in [0.717, 1.165) is 7.11 Å². The molecule has 0 atom stereocenters. The Morgan fingerprint density at radius 3 is 2.65 bits per heavy atom. The molecule has 0 fully saturated rings. The van der Waals surface area contributed by atoms with Gasteiger partial charge in [0.15, 0.2) is 0 Å². The molecule has 94 valence electrons. The van der Waals surface area contributed by atoms with E-state index in [-0.39, 0.29) is 22.9 Å².